The summed E-state index contributed by atoms with van der Waals surface area (Å²) in [5.41, 5.74) is -1.78. The normalized spacial score (nSPS) is 20.0. The highest BCUT2D eigenvalue weighted by Gasteiger charge is 2.53. The van der Waals surface area contributed by atoms with E-state index in [-0.39, 0.29) is 23.6 Å². The number of halogens is 5. The van der Waals surface area contributed by atoms with Gasteiger partial charge in [0.25, 0.3) is 0 Å². The van der Waals surface area contributed by atoms with Gasteiger partial charge >= 0.3 is 13.3 Å². The van der Waals surface area contributed by atoms with Gasteiger partial charge < -0.3 is 14.0 Å². The molecule has 1 aromatic carbocycles. The Balaban J connectivity index is 2.29. The molecular weight excluding hydrogens is 386 g/mol. The lowest BCUT2D eigenvalue weighted by Crippen LogP contribution is -2.41. The van der Waals surface area contributed by atoms with E-state index < -0.39 is 36.8 Å². The first kappa shape index (κ1) is 22.2. The molecule has 0 amide bonds. The third-order valence-electron chi connectivity index (χ3n) is 4.71. The number of alkyl halides is 3. The molecule has 1 fully saturated rings. The van der Waals surface area contributed by atoms with Crippen molar-refractivity contribution in [2.45, 2.75) is 51.5 Å². The van der Waals surface area contributed by atoms with E-state index in [0.29, 0.717) is 5.56 Å². The van der Waals surface area contributed by atoms with Crippen molar-refractivity contribution >= 4 is 24.3 Å². The standard InChI is InChI=1S/C18H22BClF4O3/c1-16(2)17(3,4)27-19(26-16)15(21)13(9-10-25-11-18(22,23)24)12-7-5-6-8-14(12)20/h5-8H,9-11H2,1-4H3. The van der Waals surface area contributed by atoms with Gasteiger partial charge in [0, 0.05) is 5.02 Å². The molecule has 2 rings (SSSR count). The Labute approximate surface area is 161 Å². The lowest BCUT2D eigenvalue weighted by atomic mass is 9.82. The van der Waals surface area contributed by atoms with E-state index >= 15 is 4.39 Å². The molecule has 9 heteroatoms. The summed E-state index contributed by atoms with van der Waals surface area (Å²) < 4.78 is 68.1. The van der Waals surface area contributed by atoms with Gasteiger partial charge in [-0.1, -0.05) is 29.8 Å². The molecule has 0 aliphatic carbocycles. The van der Waals surface area contributed by atoms with Gasteiger partial charge in [-0.25, -0.2) is 4.39 Å². The molecule has 27 heavy (non-hydrogen) atoms. The number of rotatable bonds is 6. The molecule has 0 bridgehead atoms. The highest BCUT2D eigenvalue weighted by Crippen LogP contribution is 2.41. The van der Waals surface area contributed by atoms with E-state index in [2.05, 4.69) is 4.74 Å². The quantitative estimate of drug-likeness (QED) is 0.347. The summed E-state index contributed by atoms with van der Waals surface area (Å²) in [4.78, 5) is 0. The maximum Gasteiger partial charge on any atom is 0.525 e. The van der Waals surface area contributed by atoms with Crippen LogP contribution in [-0.4, -0.2) is 37.7 Å². The topological polar surface area (TPSA) is 27.7 Å². The third kappa shape index (κ3) is 5.47. The lowest BCUT2D eigenvalue weighted by molar-refractivity contribution is -0.173. The number of hydrogen-bond acceptors (Lipinski definition) is 3. The van der Waals surface area contributed by atoms with Crippen LogP contribution < -0.4 is 0 Å². The summed E-state index contributed by atoms with van der Waals surface area (Å²) in [6.07, 6.45) is -4.56. The first-order valence-electron chi connectivity index (χ1n) is 8.48. The Kier molecular flexibility index (Phi) is 6.67. The van der Waals surface area contributed by atoms with E-state index in [4.69, 9.17) is 20.9 Å². The summed E-state index contributed by atoms with van der Waals surface area (Å²) in [7, 11) is -1.27. The highest BCUT2D eigenvalue weighted by atomic mass is 35.5. The summed E-state index contributed by atoms with van der Waals surface area (Å²) in [6, 6.07) is 6.50. The summed E-state index contributed by atoms with van der Waals surface area (Å²) in [5.74, 6) is 0. The fourth-order valence-electron chi connectivity index (χ4n) is 2.54. The monoisotopic (exact) mass is 408 g/mol. The van der Waals surface area contributed by atoms with Crippen molar-refractivity contribution in [3.05, 3.63) is 40.6 Å². The molecule has 150 valence electrons. The van der Waals surface area contributed by atoms with E-state index in [9.17, 15) is 13.2 Å². The van der Waals surface area contributed by atoms with Gasteiger partial charge in [0.15, 0.2) is 0 Å². The van der Waals surface area contributed by atoms with Crippen molar-refractivity contribution in [2.75, 3.05) is 13.2 Å². The molecule has 0 aromatic heterocycles. The SMILES string of the molecule is CC1(C)OB(C(F)=C(CCOCC(F)(F)F)c2ccccc2Cl)OC1(C)C. The average Bonchev–Trinajstić information content (AvgIpc) is 2.75. The van der Waals surface area contributed by atoms with E-state index in [1.165, 1.54) is 0 Å². The molecule has 0 spiro atoms. The molecule has 0 radical (unpaired) electrons. The van der Waals surface area contributed by atoms with Crippen molar-refractivity contribution in [3.8, 4) is 0 Å². The van der Waals surface area contributed by atoms with E-state index in [1.54, 1.807) is 52.0 Å². The maximum atomic E-state index is 15.3. The summed E-state index contributed by atoms with van der Waals surface area (Å²) in [6.45, 7) is 5.39. The molecule has 1 aliphatic heterocycles. The fourth-order valence-corrected chi connectivity index (χ4v) is 2.79. The van der Waals surface area contributed by atoms with Gasteiger partial charge in [0.2, 0.25) is 0 Å². The van der Waals surface area contributed by atoms with Crippen molar-refractivity contribution in [1.82, 2.24) is 0 Å². The molecule has 1 aliphatic rings. The minimum atomic E-state index is -4.45. The first-order chi connectivity index (χ1) is 12.3. The van der Waals surface area contributed by atoms with Gasteiger partial charge in [0.1, 0.15) is 12.3 Å². The fraction of sp³-hybridized carbons (Fsp3) is 0.556. The highest BCUT2D eigenvalue weighted by molar-refractivity contribution is 6.55. The van der Waals surface area contributed by atoms with Gasteiger partial charge in [0.05, 0.1) is 17.8 Å². The molecule has 1 aromatic rings. The predicted molar refractivity (Wildman–Crippen MR) is 97.1 cm³/mol. The zero-order valence-corrected chi connectivity index (χ0v) is 16.4. The van der Waals surface area contributed by atoms with Crippen molar-refractivity contribution in [1.29, 1.82) is 0 Å². The minimum absolute atomic E-state index is 0.0984. The molecule has 1 saturated heterocycles. The van der Waals surface area contributed by atoms with Crippen LogP contribution in [0.4, 0.5) is 17.6 Å². The van der Waals surface area contributed by atoms with Crippen LogP contribution in [0.25, 0.3) is 5.57 Å². The molecular formula is C18H22BClF4O3. The second-order valence-electron chi connectivity index (χ2n) is 7.31. The van der Waals surface area contributed by atoms with E-state index in [0.717, 1.165) is 0 Å². The van der Waals surface area contributed by atoms with Crippen LogP contribution >= 0.6 is 11.6 Å². The number of benzene rings is 1. The van der Waals surface area contributed by atoms with Crippen LogP contribution in [0.2, 0.25) is 5.02 Å². The maximum absolute atomic E-state index is 15.3. The Morgan fingerprint density at radius 1 is 1.11 bits per heavy atom. The van der Waals surface area contributed by atoms with Crippen molar-refractivity contribution in [2.24, 2.45) is 0 Å². The predicted octanol–water partition coefficient (Wildman–Crippen LogP) is 5.62. The van der Waals surface area contributed by atoms with Crippen LogP contribution in [0.5, 0.6) is 0 Å². The average molecular weight is 409 g/mol. The Bertz CT molecular complexity index is 688. The van der Waals surface area contributed by atoms with Gasteiger partial charge in [-0.05, 0) is 51.3 Å². The second-order valence-corrected chi connectivity index (χ2v) is 7.72. The second kappa shape index (κ2) is 8.11. The van der Waals surface area contributed by atoms with Gasteiger partial charge in [-0.3, -0.25) is 0 Å². The zero-order chi connectivity index (χ0) is 20.5. The smallest absolute Gasteiger partial charge is 0.398 e. The zero-order valence-electron chi connectivity index (χ0n) is 15.6. The Hall–Kier alpha value is -1.09. The molecule has 0 atom stereocenters. The molecule has 0 N–H and O–H groups in total. The lowest BCUT2D eigenvalue weighted by Gasteiger charge is -2.32. The third-order valence-corrected chi connectivity index (χ3v) is 5.04. The van der Waals surface area contributed by atoms with Crippen molar-refractivity contribution in [3.63, 3.8) is 0 Å². The van der Waals surface area contributed by atoms with E-state index in [1.807, 2.05) is 0 Å². The van der Waals surface area contributed by atoms with Crippen LogP contribution in [-0.2, 0) is 14.0 Å². The summed E-state index contributed by atoms with van der Waals surface area (Å²) in [5, 5.41) is 0.273. The first-order valence-corrected chi connectivity index (χ1v) is 8.85. The number of hydrogen-bond donors (Lipinski definition) is 0. The molecule has 3 nitrogen and oxygen atoms in total. The van der Waals surface area contributed by atoms with Crippen LogP contribution in [0, 0.1) is 0 Å². The van der Waals surface area contributed by atoms with Crippen LogP contribution in [0.1, 0.15) is 39.7 Å². The number of ether oxygens (including phenoxy) is 1. The van der Waals surface area contributed by atoms with Crippen LogP contribution in [0.15, 0.2) is 30.0 Å². The van der Waals surface area contributed by atoms with Crippen molar-refractivity contribution < 1.29 is 31.6 Å². The molecule has 0 unspecified atom stereocenters. The molecule has 1 heterocycles. The van der Waals surface area contributed by atoms with Gasteiger partial charge in [-0.2, -0.15) is 13.2 Å². The minimum Gasteiger partial charge on any atom is -0.398 e. The largest absolute Gasteiger partial charge is 0.525 e. The Morgan fingerprint density at radius 3 is 2.19 bits per heavy atom. The molecule has 0 saturated carbocycles. The Morgan fingerprint density at radius 2 is 1.67 bits per heavy atom. The van der Waals surface area contributed by atoms with Gasteiger partial charge in [-0.15, -0.1) is 0 Å². The summed E-state index contributed by atoms with van der Waals surface area (Å²) >= 11 is 6.16. The van der Waals surface area contributed by atoms with Crippen LogP contribution in [0.3, 0.4) is 0 Å².